The molecule has 1 amide bonds. The summed E-state index contributed by atoms with van der Waals surface area (Å²) in [5.41, 5.74) is 2.34. The maximum Gasteiger partial charge on any atom is 0.424 e. The Morgan fingerprint density at radius 1 is 1.38 bits per heavy atom. The highest BCUT2D eigenvalue weighted by atomic mass is 19.4. The van der Waals surface area contributed by atoms with Crippen molar-refractivity contribution in [2.45, 2.75) is 18.2 Å². The summed E-state index contributed by atoms with van der Waals surface area (Å²) in [5, 5.41) is 12.9. The van der Waals surface area contributed by atoms with Crippen molar-refractivity contribution >= 4 is 11.6 Å². The third-order valence-corrected chi connectivity index (χ3v) is 3.49. The number of aryl methyl sites for hydroxylation is 1. The number of hydrogen-bond donors (Lipinski definition) is 3. The minimum atomic E-state index is -4.90. The van der Waals surface area contributed by atoms with Gasteiger partial charge in [-0.15, -0.1) is 0 Å². The fourth-order valence-corrected chi connectivity index (χ4v) is 2.21. The second-order valence-corrected chi connectivity index (χ2v) is 5.19. The Hall–Kier alpha value is -2.62. The molecule has 130 valence electrons. The molecule has 0 fully saturated rings. The van der Waals surface area contributed by atoms with Gasteiger partial charge in [0.2, 0.25) is 5.60 Å². The Labute approximate surface area is 135 Å². The zero-order valence-corrected chi connectivity index (χ0v) is 12.7. The van der Waals surface area contributed by atoms with Crippen molar-refractivity contribution in [3.8, 4) is 0 Å². The first-order chi connectivity index (χ1) is 11.1. The van der Waals surface area contributed by atoms with E-state index in [2.05, 4.69) is 15.3 Å². The Balaban J connectivity index is 2.14. The van der Waals surface area contributed by atoms with Crippen molar-refractivity contribution in [3.05, 3.63) is 42.2 Å². The Morgan fingerprint density at radius 3 is 2.62 bits per heavy atom. The first-order valence-corrected chi connectivity index (χ1v) is 6.92. The molecule has 2 aromatic heterocycles. The van der Waals surface area contributed by atoms with Crippen LogP contribution in [0.3, 0.4) is 0 Å². The van der Waals surface area contributed by atoms with Crippen molar-refractivity contribution in [1.82, 2.24) is 14.5 Å². The zero-order chi connectivity index (χ0) is 18.0. The minimum Gasteiger partial charge on any atom is -0.385 e. The molecule has 0 aliphatic carbocycles. The maximum atomic E-state index is 13.3. The fourth-order valence-electron chi connectivity index (χ4n) is 2.21. The van der Waals surface area contributed by atoms with Crippen molar-refractivity contribution in [2.24, 2.45) is 12.8 Å². The van der Waals surface area contributed by atoms with Gasteiger partial charge in [0.15, 0.2) is 0 Å². The lowest BCUT2D eigenvalue weighted by atomic mass is 9.97. The molecule has 4 N–H and O–H groups in total. The molecule has 1 unspecified atom stereocenters. The number of aliphatic hydroxyl groups is 1. The van der Waals surface area contributed by atoms with Crippen LogP contribution in [0.2, 0.25) is 0 Å². The number of nitrogens with two attached hydrogens (primary N) is 1. The molecular weight excluding hydrogens is 327 g/mol. The predicted molar refractivity (Wildman–Crippen MR) is 79.0 cm³/mol. The molecule has 0 saturated heterocycles. The number of carbonyl (C=O) groups excluding carboxylic acids is 1. The zero-order valence-electron chi connectivity index (χ0n) is 12.7. The molecule has 10 heteroatoms. The molecule has 2 rings (SSSR count). The molecule has 0 spiro atoms. The molecule has 7 nitrogen and oxygen atoms in total. The van der Waals surface area contributed by atoms with Gasteiger partial charge >= 0.3 is 6.18 Å². The quantitative estimate of drug-likeness (QED) is 0.730. The van der Waals surface area contributed by atoms with Gasteiger partial charge in [0, 0.05) is 44.3 Å². The van der Waals surface area contributed by atoms with Crippen LogP contribution in [0.25, 0.3) is 0 Å². The Kier molecular flexibility index (Phi) is 4.78. The van der Waals surface area contributed by atoms with Crippen LogP contribution in [0.5, 0.6) is 0 Å². The van der Waals surface area contributed by atoms with Gasteiger partial charge in [-0.3, -0.25) is 9.78 Å². The first-order valence-electron chi connectivity index (χ1n) is 6.92. The van der Waals surface area contributed by atoms with Crippen LogP contribution in [0.1, 0.15) is 22.7 Å². The van der Waals surface area contributed by atoms with Gasteiger partial charge in [-0.2, -0.15) is 13.2 Å². The summed E-state index contributed by atoms with van der Waals surface area (Å²) < 4.78 is 41.1. The number of carbonyl (C=O) groups is 1. The fraction of sp³-hybridized carbons (Fsp3) is 0.357. The average Bonchev–Trinajstić information content (AvgIpc) is 2.93. The predicted octanol–water partition coefficient (Wildman–Crippen LogP) is 1.17. The molecule has 2 heterocycles. The van der Waals surface area contributed by atoms with E-state index in [9.17, 15) is 23.1 Å². The molecule has 24 heavy (non-hydrogen) atoms. The van der Waals surface area contributed by atoms with Crippen LogP contribution in [-0.2, 0) is 12.6 Å². The standard InChI is InChI=1S/C14H16F3N5O2/c1-22-7-6-21-12(22)13(24,14(15,16)17)3-5-19-9-2-4-20-10(8-9)11(18)23/h2,4,6-8,24H,3,5H2,1H3,(H2,18,23)(H,19,20). The van der Waals surface area contributed by atoms with Crippen LogP contribution >= 0.6 is 0 Å². The first kappa shape index (κ1) is 17.7. The van der Waals surface area contributed by atoms with Crippen molar-refractivity contribution in [1.29, 1.82) is 0 Å². The van der Waals surface area contributed by atoms with E-state index in [1.807, 2.05) is 0 Å². The average molecular weight is 343 g/mol. The summed E-state index contributed by atoms with van der Waals surface area (Å²) in [7, 11) is 1.37. The van der Waals surface area contributed by atoms with E-state index in [1.54, 1.807) is 0 Å². The highest BCUT2D eigenvalue weighted by Gasteiger charge is 2.57. The summed E-state index contributed by atoms with van der Waals surface area (Å²) in [6, 6.07) is 2.79. The topological polar surface area (TPSA) is 106 Å². The smallest absolute Gasteiger partial charge is 0.385 e. The summed E-state index contributed by atoms with van der Waals surface area (Å²) >= 11 is 0. The van der Waals surface area contributed by atoms with E-state index in [4.69, 9.17) is 5.73 Å². The summed E-state index contributed by atoms with van der Waals surface area (Å²) in [4.78, 5) is 18.4. The van der Waals surface area contributed by atoms with Crippen LogP contribution in [0.4, 0.5) is 18.9 Å². The van der Waals surface area contributed by atoms with E-state index in [0.29, 0.717) is 5.69 Å². The van der Waals surface area contributed by atoms with E-state index < -0.39 is 29.9 Å². The van der Waals surface area contributed by atoms with E-state index in [0.717, 1.165) is 4.57 Å². The summed E-state index contributed by atoms with van der Waals surface area (Å²) in [6.45, 7) is -0.217. The van der Waals surface area contributed by atoms with Gasteiger partial charge in [0.1, 0.15) is 11.5 Å². The number of alkyl halides is 3. The SMILES string of the molecule is Cn1ccnc1C(O)(CCNc1ccnc(C(N)=O)c1)C(F)(F)F. The Bertz CT molecular complexity index is 731. The van der Waals surface area contributed by atoms with Gasteiger partial charge in [-0.1, -0.05) is 0 Å². The third-order valence-electron chi connectivity index (χ3n) is 3.49. The van der Waals surface area contributed by atoms with E-state index in [-0.39, 0.29) is 12.2 Å². The number of amides is 1. The van der Waals surface area contributed by atoms with Gasteiger partial charge in [0.05, 0.1) is 0 Å². The summed E-state index contributed by atoms with van der Waals surface area (Å²) in [5.74, 6) is -1.25. The van der Waals surface area contributed by atoms with Crippen LogP contribution in [-0.4, -0.2) is 38.3 Å². The number of rotatable bonds is 6. The number of hydrogen-bond acceptors (Lipinski definition) is 5. The third kappa shape index (κ3) is 3.48. The molecule has 0 aliphatic heterocycles. The lowest BCUT2D eigenvalue weighted by molar-refractivity contribution is -0.271. The molecule has 0 aliphatic rings. The maximum absolute atomic E-state index is 13.3. The lowest BCUT2D eigenvalue weighted by Crippen LogP contribution is -2.45. The van der Waals surface area contributed by atoms with Gasteiger partial charge < -0.3 is 20.7 Å². The van der Waals surface area contributed by atoms with Gasteiger partial charge in [-0.05, 0) is 12.1 Å². The number of nitrogens with zero attached hydrogens (tertiary/aromatic N) is 3. The molecular formula is C14H16F3N5O2. The second kappa shape index (κ2) is 6.48. The largest absolute Gasteiger partial charge is 0.424 e. The number of anilines is 1. The number of primary amides is 1. The minimum absolute atomic E-state index is 0.0183. The van der Waals surface area contributed by atoms with Crippen LogP contribution < -0.4 is 11.1 Å². The molecule has 0 radical (unpaired) electrons. The van der Waals surface area contributed by atoms with Gasteiger partial charge in [-0.25, -0.2) is 4.98 Å². The molecule has 0 saturated carbocycles. The molecule has 0 bridgehead atoms. The summed E-state index contributed by atoms with van der Waals surface area (Å²) in [6.07, 6.45) is -1.76. The number of halogens is 3. The van der Waals surface area contributed by atoms with Crippen molar-refractivity contribution in [2.75, 3.05) is 11.9 Å². The van der Waals surface area contributed by atoms with Crippen LogP contribution in [0.15, 0.2) is 30.7 Å². The van der Waals surface area contributed by atoms with Crippen molar-refractivity contribution in [3.63, 3.8) is 0 Å². The monoisotopic (exact) mass is 343 g/mol. The number of aromatic nitrogens is 3. The Morgan fingerprint density at radius 2 is 2.08 bits per heavy atom. The number of nitrogens with one attached hydrogen (secondary N) is 1. The van der Waals surface area contributed by atoms with E-state index in [1.165, 1.54) is 37.8 Å². The van der Waals surface area contributed by atoms with E-state index >= 15 is 0 Å². The number of pyridine rings is 1. The molecule has 1 atom stereocenters. The highest BCUT2D eigenvalue weighted by molar-refractivity contribution is 5.91. The normalized spacial score (nSPS) is 14.2. The van der Waals surface area contributed by atoms with Crippen LogP contribution in [0, 0.1) is 0 Å². The lowest BCUT2D eigenvalue weighted by Gasteiger charge is -2.30. The highest BCUT2D eigenvalue weighted by Crippen LogP contribution is 2.40. The molecule has 2 aromatic rings. The number of imidazole rings is 1. The van der Waals surface area contributed by atoms with Gasteiger partial charge in [0.25, 0.3) is 5.91 Å². The second-order valence-electron chi connectivity index (χ2n) is 5.19. The molecule has 0 aromatic carbocycles. The van der Waals surface area contributed by atoms with Crippen molar-refractivity contribution < 1.29 is 23.1 Å².